The molecule has 1 heterocycles. The molecule has 0 saturated carbocycles. The van der Waals surface area contributed by atoms with Gasteiger partial charge in [-0.05, 0) is 24.5 Å². The van der Waals surface area contributed by atoms with Gasteiger partial charge in [0.1, 0.15) is 17.3 Å². The Hall–Kier alpha value is -1.85. The Kier molecular flexibility index (Phi) is 3.36. The van der Waals surface area contributed by atoms with Gasteiger partial charge in [0.25, 0.3) is 0 Å². The summed E-state index contributed by atoms with van der Waals surface area (Å²) in [5.74, 6) is -1.27. The number of anilines is 1. The maximum Gasteiger partial charge on any atom is 0.170 e. The fourth-order valence-corrected chi connectivity index (χ4v) is 2.21. The van der Waals surface area contributed by atoms with Crippen LogP contribution in [0.4, 0.5) is 14.5 Å². The fraction of sp³-hybridized carbons (Fsp3) is 0.417. The van der Waals surface area contributed by atoms with Gasteiger partial charge in [0.15, 0.2) is 5.84 Å². The second kappa shape index (κ2) is 4.80. The van der Waals surface area contributed by atoms with Crippen LogP contribution in [0.2, 0.25) is 0 Å². The van der Waals surface area contributed by atoms with E-state index in [1.165, 1.54) is 0 Å². The summed E-state index contributed by atoms with van der Waals surface area (Å²) in [5, 5.41) is 11.2. The predicted octanol–water partition coefficient (Wildman–Crippen LogP) is 1.91. The third kappa shape index (κ3) is 2.23. The van der Waals surface area contributed by atoms with E-state index in [0.29, 0.717) is 19.0 Å². The zero-order valence-corrected chi connectivity index (χ0v) is 10.0. The normalized spacial score (nSPS) is 20.5. The lowest BCUT2D eigenvalue weighted by atomic mass is 10.1. The van der Waals surface area contributed by atoms with Crippen LogP contribution in [0.15, 0.2) is 17.3 Å². The van der Waals surface area contributed by atoms with Crippen LogP contribution >= 0.6 is 0 Å². The van der Waals surface area contributed by atoms with E-state index in [2.05, 4.69) is 5.16 Å². The average Bonchev–Trinajstić information content (AvgIpc) is 2.73. The van der Waals surface area contributed by atoms with Crippen LogP contribution in [-0.4, -0.2) is 24.1 Å². The summed E-state index contributed by atoms with van der Waals surface area (Å²) >= 11 is 0. The smallest absolute Gasteiger partial charge is 0.170 e. The number of hydrogen-bond donors (Lipinski definition) is 2. The van der Waals surface area contributed by atoms with Gasteiger partial charge in [0.2, 0.25) is 0 Å². The van der Waals surface area contributed by atoms with E-state index in [1.54, 1.807) is 4.90 Å². The minimum atomic E-state index is -0.689. The van der Waals surface area contributed by atoms with Crippen LogP contribution in [0, 0.1) is 17.6 Å². The first-order valence-electron chi connectivity index (χ1n) is 5.74. The first-order chi connectivity index (χ1) is 8.52. The highest BCUT2D eigenvalue weighted by Crippen LogP contribution is 2.29. The Morgan fingerprint density at radius 3 is 2.50 bits per heavy atom. The molecule has 1 aromatic carbocycles. The Balaban J connectivity index is 2.38. The van der Waals surface area contributed by atoms with E-state index in [4.69, 9.17) is 10.9 Å². The second-order valence-corrected chi connectivity index (χ2v) is 4.61. The summed E-state index contributed by atoms with van der Waals surface area (Å²) in [6, 6.07) is 2.16. The third-order valence-corrected chi connectivity index (χ3v) is 3.16. The quantitative estimate of drug-likeness (QED) is 0.367. The zero-order chi connectivity index (χ0) is 13.3. The fourth-order valence-electron chi connectivity index (χ4n) is 2.21. The van der Waals surface area contributed by atoms with E-state index in [0.717, 1.165) is 18.6 Å². The number of amidine groups is 1. The van der Waals surface area contributed by atoms with Crippen molar-refractivity contribution in [3.63, 3.8) is 0 Å². The van der Waals surface area contributed by atoms with Crippen molar-refractivity contribution in [1.82, 2.24) is 0 Å². The molecule has 2 rings (SSSR count). The minimum absolute atomic E-state index is 0.0310. The molecule has 3 N–H and O–H groups in total. The lowest BCUT2D eigenvalue weighted by Gasteiger charge is -2.20. The molecule has 1 saturated heterocycles. The van der Waals surface area contributed by atoms with Gasteiger partial charge in [-0.1, -0.05) is 12.1 Å². The maximum atomic E-state index is 13.9. The molecule has 1 aliphatic rings. The molecule has 4 nitrogen and oxygen atoms in total. The molecule has 0 amide bonds. The Labute approximate surface area is 104 Å². The number of nitrogens with two attached hydrogens (primary N) is 1. The molecule has 0 aromatic heterocycles. The van der Waals surface area contributed by atoms with Crippen molar-refractivity contribution >= 4 is 11.5 Å². The van der Waals surface area contributed by atoms with Crippen molar-refractivity contribution in [1.29, 1.82) is 0 Å². The van der Waals surface area contributed by atoms with Gasteiger partial charge in [0.05, 0.1) is 0 Å². The summed E-state index contributed by atoms with van der Waals surface area (Å²) in [5.41, 5.74) is 5.31. The van der Waals surface area contributed by atoms with E-state index in [9.17, 15) is 8.78 Å². The molecule has 1 atom stereocenters. The van der Waals surface area contributed by atoms with Crippen LogP contribution < -0.4 is 10.6 Å². The number of hydrogen-bond acceptors (Lipinski definition) is 3. The van der Waals surface area contributed by atoms with E-state index in [1.807, 2.05) is 6.92 Å². The van der Waals surface area contributed by atoms with Crippen LogP contribution in [0.5, 0.6) is 0 Å². The average molecular weight is 255 g/mol. The van der Waals surface area contributed by atoms with E-state index >= 15 is 0 Å². The minimum Gasteiger partial charge on any atom is -0.409 e. The molecule has 0 aliphatic carbocycles. The highest BCUT2D eigenvalue weighted by atomic mass is 19.1. The van der Waals surface area contributed by atoms with Gasteiger partial charge in [0, 0.05) is 18.7 Å². The first-order valence-corrected chi connectivity index (χ1v) is 5.74. The number of halogens is 2. The van der Waals surface area contributed by atoms with E-state index in [-0.39, 0.29) is 17.1 Å². The van der Waals surface area contributed by atoms with Gasteiger partial charge < -0.3 is 15.8 Å². The molecule has 1 fully saturated rings. The van der Waals surface area contributed by atoms with Crippen LogP contribution in [-0.2, 0) is 0 Å². The van der Waals surface area contributed by atoms with Crippen molar-refractivity contribution in [2.75, 3.05) is 18.0 Å². The predicted molar refractivity (Wildman–Crippen MR) is 64.9 cm³/mol. The van der Waals surface area contributed by atoms with Crippen LogP contribution in [0.1, 0.15) is 18.9 Å². The number of oxime groups is 1. The van der Waals surface area contributed by atoms with Crippen LogP contribution in [0.25, 0.3) is 0 Å². The SMILES string of the molecule is CC1CCN(c2c(F)cc(C(N)=NO)cc2F)C1. The standard InChI is InChI=1S/C12H15F2N3O/c1-7-2-3-17(6-7)11-9(13)4-8(5-10(11)14)12(15)16-18/h4-5,7,18H,2-3,6H2,1H3,(H2,15,16). The van der Waals surface area contributed by atoms with Crippen molar-refractivity contribution in [3.8, 4) is 0 Å². The summed E-state index contributed by atoms with van der Waals surface area (Å²) < 4.78 is 27.8. The van der Waals surface area contributed by atoms with Gasteiger partial charge >= 0.3 is 0 Å². The molecule has 0 spiro atoms. The molecule has 0 radical (unpaired) electrons. The molecule has 6 heteroatoms. The number of rotatable bonds is 2. The number of benzene rings is 1. The monoisotopic (exact) mass is 255 g/mol. The highest BCUT2D eigenvalue weighted by Gasteiger charge is 2.25. The highest BCUT2D eigenvalue weighted by molar-refractivity contribution is 5.97. The van der Waals surface area contributed by atoms with Gasteiger partial charge in [-0.25, -0.2) is 8.78 Å². The Morgan fingerprint density at radius 1 is 1.44 bits per heavy atom. The topological polar surface area (TPSA) is 61.8 Å². The van der Waals surface area contributed by atoms with Crippen molar-refractivity contribution in [2.45, 2.75) is 13.3 Å². The van der Waals surface area contributed by atoms with Crippen molar-refractivity contribution in [3.05, 3.63) is 29.3 Å². The van der Waals surface area contributed by atoms with Gasteiger partial charge in [-0.2, -0.15) is 0 Å². The Bertz CT molecular complexity index is 467. The molecule has 1 unspecified atom stereocenters. The Morgan fingerprint density at radius 2 is 2.06 bits per heavy atom. The molecule has 18 heavy (non-hydrogen) atoms. The van der Waals surface area contributed by atoms with Gasteiger partial charge in [-0.15, -0.1) is 0 Å². The molecular formula is C12H15F2N3O. The molecule has 98 valence electrons. The van der Waals surface area contributed by atoms with Gasteiger partial charge in [-0.3, -0.25) is 0 Å². The third-order valence-electron chi connectivity index (χ3n) is 3.16. The lowest BCUT2D eigenvalue weighted by Crippen LogP contribution is -2.23. The molecular weight excluding hydrogens is 240 g/mol. The summed E-state index contributed by atoms with van der Waals surface area (Å²) in [6.45, 7) is 3.31. The van der Waals surface area contributed by atoms with E-state index < -0.39 is 11.6 Å². The van der Waals surface area contributed by atoms with Crippen molar-refractivity contribution < 1.29 is 14.0 Å². The summed E-state index contributed by atoms with van der Waals surface area (Å²) in [7, 11) is 0. The largest absolute Gasteiger partial charge is 0.409 e. The van der Waals surface area contributed by atoms with Crippen LogP contribution in [0.3, 0.4) is 0 Å². The second-order valence-electron chi connectivity index (χ2n) is 4.61. The zero-order valence-electron chi connectivity index (χ0n) is 10.0. The maximum absolute atomic E-state index is 13.9. The van der Waals surface area contributed by atoms with Crippen molar-refractivity contribution in [2.24, 2.45) is 16.8 Å². The number of nitrogens with zero attached hydrogens (tertiary/aromatic N) is 2. The lowest BCUT2D eigenvalue weighted by molar-refractivity contribution is 0.318. The first kappa shape index (κ1) is 12.6. The molecule has 1 aliphatic heterocycles. The summed E-state index contributed by atoms with van der Waals surface area (Å²) in [6.07, 6.45) is 0.918. The molecule has 1 aromatic rings. The summed E-state index contributed by atoms with van der Waals surface area (Å²) in [4.78, 5) is 1.69. The molecule has 0 bridgehead atoms.